The molecular weight excluding hydrogens is 360 g/mol. The molecule has 6 heteroatoms. The lowest BCUT2D eigenvalue weighted by Gasteiger charge is -2.44. The lowest BCUT2D eigenvalue weighted by Crippen LogP contribution is -2.54. The molecule has 0 spiro atoms. The topological polar surface area (TPSA) is 44.8 Å². The number of rotatable bonds is 10. The first kappa shape index (κ1) is 25.8. The minimum Gasteiger partial charge on any atom is -0.466 e. The fraction of sp³-hybridized carbons (Fsp3) is 0.950. The molecule has 0 saturated carbocycles. The van der Waals surface area contributed by atoms with Gasteiger partial charge in [0.1, 0.15) is 0 Å². The van der Waals surface area contributed by atoms with Gasteiger partial charge in [0.05, 0.1) is 12.8 Å². The van der Waals surface area contributed by atoms with Crippen molar-refractivity contribution < 1.29 is 18.4 Å². The first-order chi connectivity index (χ1) is 11.6. The highest BCUT2D eigenvalue weighted by molar-refractivity contribution is 6.78. The van der Waals surface area contributed by atoms with Crippen molar-refractivity contribution in [1.82, 2.24) is 0 Å². The monoisotopic (exact) mass is 404 g/mol. The largest absolute Gasteiger partial charge is 0.466 e. The molecule has 0 aromatic heterocycles. The van der Waals surface area contributed by atoms with Gasteiger partial charge in [0.2, 0.25) is 8.32 Å². The Hall–Kier alpha value is -0.176. The highest BCUT2D eigenvalue weighted by Gasteiger charge is 2.46. The van der Waals surface area contributed by atoms with Crippen LogP contribution in [0.25, 0.3) is 0 Å². The molecule has 0 bridgehead atoms. The second-order valence-electron chi connectivity index (χ2n) is 10.3. The Morgan fingerprint density at radius 2 is 1.50 bits per heavy atom. The van der Waals surface area contributed by atoms with E-state index in [0.717, 1.165) is 12.7 Å². The maximum absolute atomic E-state index is 11.5. The van der Waals surface area contributed by atoms with E-state index in [4.69, 9.17) is 13.6 Å². The zero-order chi connectivity index (χ0) is 20.8. The second kappa shape index (κ2) is 9.85. The molecule has 0 rings (SSSR count). The second-order valence-corrected chi connectivity index (χ2v) is 19.6. The summed E-state index contributed by atoms with van der Waals surface area (Å²) in [4.78, 5) is 11.5. The maximum Gasteiger partial charge on any atom is 0.305 e. The molecule has 0 saturated heterocycles. The van der Waals surface area contributed by atoms with Crippen molar-refractivity contribution in [3.8, 4) is 0 Å². The SMILES string of the molecule is CCOC(=O)CCC(C)CO[Si](C)(CO[Si](C)(C)C(C)(C)C)C(C)(C)C. The quantitative estimate of drug-likeness (QED) is 0.335. The van der Waals surface area contributed by atoms with Crippen LogP contribution in [0.4, 0.5) is 0 Å². The van der Waals surface area contributed by atoms with E-state index in [-0.39, 0.29) is 16.0 Å². The summed E-state index contributed by atoms with van der Waals surface area (Å²) in [5.41, 5.74) is 0. The molecule has 0 aromatic carbocycles. The van der Waals surface area contributed by atoms with E-state index >= 15 is 0 Å². The van der Waals surface area contributed by atoms with Crippen molar-refractivity contribution in [1.29, 1.82) is 0 Å². The molecule has 0 aliphatic rings. The van der Waals surface area contributed by atoms with Gasteiger partial charge in [0.15, 0.2) is 8.32 Å². The predicted molar refractivity (Wildman–Crippen MR) is 115 cm³/mol. The number of carbonyl (C=O) groups is 1. The Morgan fingerprint density at radius 1 is 0.962 bits per heavy atom. The Labute approximate surface area is 164 Å². The molecule has 0 amide bonds. The third-order valence-electron chi connectivity index (χ3n) is 5.93. The minimum absolute atomic E-state index is 0.0935. The van der Waals surface area contributed by atoms with Gasteiger partial charge in [-0.3, -0.25) is 4.79 Å². The van der Waals surface area contributed by atoms with Crippen molar-refractivity contribution in [2.75, 3.05) is 19.4 Å². The van der Waals surface area contributed by atoms with E-state index in [1.54, 1.807) is 0 Å². The molecule has 2 unspecified atom stereocenters. The van der Waals surface area contributed by atoms with Crippen LogP contribution < -0.4 is 0 Å². The van der Waals surface area contributed by atoms with Gasteiger partial charge in [-0.2, -0.15) is 0 Å². The zero-order valence-corrected chi connectivity index (χ0v) is 21.2. The summed E-state index contributed by atoms with van der Waals surface area (Å²) in [6.07, 6.45) is 2.00. The van der Waals surface area contributed by atoms with Gasteiger partial charge in [-0.1, -0.05) is 48.5 Å². The molecule has 2 atom stereocenters. The summed E-state index contributed by atoms with van der Waals surface area (Å²) in [7, 11) is -3.87. The van der Waals surface area contributed by atoms with Crippen LogP contribution in [0.1, 0.15) is 68.2 Å². The Kier molecular flexibility index (Phi) is 9.78. The number of esters is 1. The fourth-order valence-corrected chi connectivity index (χ4v) is 6.60. The van der Waals surface area contributed by atoms with Crippen LogP contribution in [0.15, 0.2) is 0 Å². The zero-order valence-electron chi connectivity index (χ0n) is 19.2. The van der Waals surface area contributed by atoms with Crippen molar-refractivity contribution in [2.24, 2.45) is 5.92 Å². The Bertz CT molecular complexity index is 438. The van der Waals surface area contributed by atoms with Crippen LogP contribution in [-0.2, 0) is 18.4 Å². The molecule has 0 aromatic rings. The van der Waals surface area contributed by atoms with Crippen LogP contribution >= 0.6 is 0 Å². The molecule has 0 N–H and O–H groups in total. The highest BCUT2D eigenvalue weighted by atomic mass is 28.4. The summed E-state index contributed by atoms with van der Waals surface area (Å²) in [6.45, 7) is 25.6. The normalized spacial score (nSPS) is 16.9. The van der Waals surface area contributed by atoms with Crippen LogP contribution in [0.5, 0.6) is 0 Å². The smallest absolute Gasteiger partial charge is 0.305 e. The average Bonchev–Trinajstić information content (AvgIpc) is 2.47. The molecule has 4 nitrogen and oxygen atoms in total. The maximum atomic E-state index is 11.5. The molecule has 0 aliphatic carbocycles. The molecule has 0 aliphatic heterocycles. The van der Waals surface area contributed by atoms with Gasteiger partial charge in [0.25, 0.3) is 0 Å². The predicted octanol–water partition coefficient (Wildman–Crippen LogP) is 5.92. The van der Waals surface area contributed by atoms with Crippen LogP contribution in [0.3, 0.4) is 0 Å². The number of hydrogen-bond acceptors (Lipinski definition) is 4. The van der Waals surface area contributed by atoms with Gasteiger partial charge in [-0.15, -0.1) is 0 Å². The Morgan fingerprint density at radius 3 is 1.92 bits per heavy atom. The van der Waals surface area contributed by atoms with Crippen molar-refractivity contribution in [3.63, 3.8) is 0 Å². The number of hydrogen-bond donors (Lipinski definition) is 0. The van der Waals surface area contributed by atoms with Crippen LogP contribution in [-0.4, -0.2) is 42.0 Å². The summed E-state index contributed by atoms with van der Waals surface area (Å²) >= 11 is 0. The van der Waals surface area contributed by atoms with Crippen molar-refractivity contribution in [3.05, 3.63) is 0 Å². The first-order valence-electron chi connectivity index (χ1n) is 9.99. The van der Waals surface area contributed by atoms with E-state index in [0.29, 0.717) is 25.6 Å². The summed E-state index contributed by atoms with van der Waals surface area (Å²) in [6, 6.07) is 0. The standard InChI is InChI=1S/C20H44O4Si2/c1-12-22-18(21)14-13-17(2)15-23-26(11,20(6,7)8)16-24-25(9,10)19(3,4)5/h17H,12-16H2,1-11H3. The third kappa shape index (κ3) is 8.23. The van der Waals surface area contributed by atoms with E-state index in [2.05, 4.69) is 68.1 Å². The van der Waals surface area contributed by atoms with Crippen LogP contribution in [0.2, 0.25) is 29.7 Å². The van der Waals surface area contributed by atoms with E-state index in [1.807, 2.05) is 6.92 Å². The van der Waals surface area contributed by atoms with Gasteiger partial charge >= 0.3 is 5.97 Å². The fourth-order valence-electron chi connectivity index (χ4n) is 2.02. The highest BCUT2D eigenvalue weighted by Crippen LogP contribution is 2.41. The lowest BCUT2D eigenvalue weighted by atomic mass is 10.1. The first-order valence-corrected chi connectivity index (χ1v) is 15.5. The minimum atomic E-state index is -2.08. The molecular formula is C20H44O4Si2. The van der Waals surface area contributed by atoms with Crippen molar-refractivity contribution >= 4 is 22.6 Å². The molecule has 0 heterocycles. The summed E-state index contributed by atoms with van der Waals surface area (Å²) < 4.78 is 18.1. The van der Waals surface area contributed by atoms with Gasteiger partial charge < -0.3 is 13.6 Å². The van der Waals surface area contributed by atoms with E-state index < -0.39 is 16.6 Å². The Balaban J connectivity index is 4.82. The summed E-state index contributed by atoms with van der Waals surface area (Å²) in [5.74, 6) is 0.220. The van der Waals surface area contributed by atoms with E-state index in [9.17, 15) is 4.79 Å². The van der Waals surface area contributed by atoms with E-state index in [1.165, 1.54) is 0 Å². The summed E-state index contributed by atoms with van der Waals surface area (Å²) in [5, 5.41) is 0.295. The molecule has 0 fully saturated rings. The number of ether oxygens (including phenoxy) is 1. The number of carbonyl (C=O) groups excluding carboxylic acids is 1. The molecule has 0 radical (unpaired) electrons. The third-order valence-corrected chi connectivity index (χ3v) is 15.4. The van der Waals surface area contributed by atoms with Crippen molar-refractivity contribution in [2.45, 2.75) is 97.9 Å². The van der Waals surface area contributed by atoms with Gasteiger partial charge in [-0.05, 0) is 49.0 Å². The van der Waals surface area contributed by atoms with Crippen LogP contribution in [0, 0.1) is 5.92 Å². The lowest BCUT2D eigenvalue weighted by molar-refractivity contribution is -0.143. The van der Waals surface area contributed by atoms with Gasteiger partial charge in [0, 0.05) is 13.0 Å². The average molecular weight is 405 g/mol. The molecule has 26 heavy (non-hydrogen) atoms. The molecule has 156 valence electrons. The van der Waals surface area contributed by atoms with Gasteiger partial charge in [-0.25, -0.2) is 0 Å².